The van der Waals surface area contributed by atoms with Crippen molar-refractivity contribution >= 4 is 73.7 Å². The maximum Gasteiger partial charge on any atom is 0.416 e. The molecule has 2 aliphatic heterocycles. The Morgan fingerprint density at radius 3 is 1.01 bits per heavy atom. The molecule has 0 saturated heterocycles. The zero-order valence-corrected chi connectivity index (χ0v) is 41.5. The van der Waals surface area contributed by atoms with Crippen LogP contribution in [-0.2, 0) is 12.4 Å². The standard InChI is InChI=1S/C66H42F6N4P/c67-65(68,69)45-29-31-51(53(37-45)39-15-3-1-4-16-39)55-35-43-21-9-13-25-49(43)61-62-50-26-14-10-22-44(50)36-56(52-32-30-46(66(70,71)72)38-54(52)40-17-5-2-6-18-40)64(62)76-77(75-63(55)61)73-57-33-27-41-19-7-11-23-47(41)59(57)60-48-24-12-8-20-42(48)28-34-58(60)74-77/h1-38,73-76H/q+1. The van der Waals surface area contributed by atoms with Crippen LogP contribution in [-0.4, -0.2) is 0 Å². The molecule has 12 aromatic rings. The molecule has 0 aliphatic carbocycles. The number of hydrogen-bond donors (Lipinski definition) is 4. The molecule has 0 saturated carbocycles. The molecule has 4 N–H and O–H groups in total. The number of hydrogen-bond acceptors (Lipinski definition) is 4. The number of benzene rings is 12. The van der Waals surface area contributed by atoms with Gasteiger partial charge in [-0.2, -0.15) is 26.3 Å². The molecule has 0 fully saturated rings. The molecule has 77 heavy (non-hydrogen) atoms. The predicted octanol–water partition coefficient (Wildman–Crippen LogP) is 20.4. The predicted molar refractivity (Wildman–Crippen MR) is 307 cm³/mol. The molecule has 1 spiro atoms. The van der Waals surface area contributed by atoms with E-state index < -0.39 is 31.3 Å². The summed E-state index contributed by atoms with van der Waals surface area (Å²) in [6, 6.07) is 71.1. The Morgan fingerprint density at radius 1 is 0.273 bits per heavy atom. The molecule has 4 nitrogen and oxygen atoms in total. The van der Waals surface area contributed by atoms with E-state index in [0.717, 1.165) is 88.9 Å². The van der Waals surface area contributed by atoms with Crippen LogP contribution in [0, 0.1) is 0 Å². The largest absolute Gasteiger partial charge is 0.416 e. The lowest BCUT2D eigenvalue weighted by Crippen LogP contribution is -2.26. The van der Waals surface area contributed by atoms with Crippen LogP contribution in [0.5, 0.6) is 0 Å². The van der Waals surface area contributed by atoms with Gasteiger partial charge in [-0.25, -0.2) is 20.3 Å². The Hall–Kier alpha value is -9.11. The average molecular weight is 1040 g/mol. The van der Waals surface area contributed by atoms with Gasteiger partial charge in [-0.15, -0.1) is 0 Å². The van der Waals surface area contributed by atoms with E-state index in [1.807, 2.05) is 133 Å². The molecular weight excluding hydrogens is 994 g/mol. The minimum atomic E-state index is -4.63. The first-order valence-corrected chi connectivity index (χ1v) is 26.9. The molecule has 0 aromatic heterocycles. The first-order valence-electron chi connectivity index (χ1n) is 25.1. The van der Waals surface area contributed by atoms with Crippen molar-refractivity contribution in [3.63, 3.8) is 0 Å². The van der Waals surface area contributed by atoms with Gasteiger partial charge in [-0.1, -0.05) is 182 Å². The maximum absolute atomic E-state index is 14.9. The summed E-state index contributed by atoms with van der Waals surface area (Å²) in [6.45, 7) is 0. The zero-order valence-electron chi connectivity index (χ0n) is 40.7. The van der Waals surface area contributed by atoms with Gasteiger partial charge in [-0.05, 0) is 125 Å². The highest BCUT2D eigenvalue weighted by Gasteiger charge is 2.49. The van der Waals surface area contributed by atoms with Crippen LogP contribution in [0.1, 0.15) is 11.1 Å². The van der Waals surface area contributed by atoms with Crippen molar-refractivity contribution in [1.82, 2.24) is 0 Å². The summed E-state index contributed by atoms with van der Waals surface area (Å²) in [6.07, 6.45) is -9.26. The van der Waals surface area contributed by atoms with Gasteiger partial charge in [0.15, 0.2) is 0 Å². The topological polar surface area (TPSA) is 48.1 Å². The lowest BCUT2D eigenvalue weighted by atomic mass is 9.83. The molecule has 0 unspecified atom stereocenters. The van der Waals surface area contributed by atoms with Gasteiger partial charge in [0.05, 0.1) is 33.9 Å². The Kier molecular flexibility index (Phi) is 10.5. The van der Waals surface area contributed by atoms with Crippen molar-refractivity contribution in [2.45, 2.75) is 12.4 Å². The second-order valence-corrected chi connectivity index (χ2v) is 21.8. The molecule has 2 heterocycles. The summed E-state index contributed by atoms with van der Waals surface area (Å²) in [5.41, 5.74) is 9.11. The molecule has 372 valence electrons. The fraction of sp³-hybridized carbons (Fsp3) is 0.0303. The minimum Gasteiger partial charge on any atom is -0.202 e. The Morgan fingerprint density at radius 2 is 0.623 bits per heavy atom. The molecule has 2 aliphatic rings. The summed E-state index contributed by atoms with van der Waals surface area (Å²) in [5.74, 6) is 0. The Balaban J connectivity index is 1.16. The highest BCUT2D eigenvalue weighted by atomic mass is 31.2. The van der Waals surface area contributed by atoms with Crippen LogP contribution in [0.4, 0.5) is 49.1 Å². The second-order valence-electron chi connectivity index (χ2n) is 19.6. The normalized spacial score (nSPS) is 13.6. The van der Waals surface area contributed by atoms with Crippen LogP contribution in [0.3, 0.4) is 0 Å². The van der Waals surface area contributed by atoms with Crippen molar-refractivity contribution in [2.24, 2.45) is 0 Å². The van der Waals surface area contributed by atoms with Crippen molar-refractivity contribution < 1.29 is 26.3 Å². The number of halogens is 6. The van der Waals surface area contributed by atoms with E-state index in [4.69, 9.17) is 0 Å². The van der Waals surface area contributed by atoms with E-state index in [1.54, 1.807) is 12.1 Å². The van der Waals surface area contributed by atoms with Gasteiger partial charge in [0.25, 0.3) is 0 Å². The van der Waals surface area contributed by atoms with Gasteiger partial charge < -0.3 is 0 Å². The van der Waals surface area contributed by atoms with Crippen LogP contribution < -0.4 is 20.3 Å². The summed E-state index contributed by atoms with van der Waals surface area (Å²) in [7, 11) is -3.51. The van der Waals surface area contributed by atoms with Crippen LogP contribution >= 0.6 is 7.87 Å². The molecule has 0 amide bonds. The van der Waals surface area contributed by atoms with Gasteiger partial charge in [0.2, 0.25) is 0 Å². The van der Waals surface area contributed by atoms with E-state index >= 15 is 0 Å². The van der Waals surface area contributed by atoms with Gasteiger partial charge in [-0.3, -0.25) is 0 Å². The lowest BCUT2D eigenvalue weighted by molar-refractivity contribution is -0.138. The third-order valence-corrected chi connectivity index (χ3v) is 17.3. The smallest absolute Gasteiger partial charge is 0.202 e. The molecule has 11 heteroatoms. The minimum absolute atomic E-state index is 0.385. The zero-order chi connectivity index (χ0) is 52.2. The average Bonchev–Trinajstić information content (AvgIpc) is 3.77. The number of nitrogens with one attached hydrogen (secondary N) is 4. The van der Waals surface area contributed by atoms with Crippen molar-refractivity contribution in [3.8, 4) is 66.8 Å². The summed E-state index contributed by atoms with van der Waals surface area (Å²) in [5, 5.41) is 23.9. The SMILES string of the molecule is FC(F)(F)c1ccc(-c2cc3ccccc3c3c2N[P+]2(Nc4ccc5ccccc5c4-c4c(ccc5ccccc45)N2)Nc2c(-c4ccc(C(F)(F)F)cc4-c4ccccc4)cc4ccccc4c2-3)c(-c2ccccc2)c1. The van der Waals surface area contributed by atoms with E-state index in [2.05, 4.69) is 81.0 Å². The summed E-state index contributed by atoms with van der Waals surface area (Å²) in [4.78, 5) is 0. The molecule has 0 bridgehead atoms. The number of anilines is 4. The lowest BCUT2D eigenvalue weighted by Gasteiger charge is -2.29. The van der Waals surface area contributed by atoms with Crippen molar-refractivity contribution in [1.29, 1.82) is 0 Å². The summed E-state index contributed by atoms with van der Waals surface area (Å²) >= 11 is 0. The second kappa shape index (κ2) is 17.5. The summed E-state index contributed by atoms with van der Waals surface area (Å²) < 4.78 is 89.3. The molecule has 0 radical (unpaired) electrons. The first-order chi connectivity index (χ1) is 37.4. The van der Waals surface area contributed by atoms with Crippen molar-refractivity contribution in [2.75, 3.05) is 20.3 Å². The monoisotopic (exact) mass is 1040 g/mol. The number of rotatable bonds is 4. The van der Waals surface area contributed by atoms with E-state index in [0.29, 0.717) is 55.9 Å². The van der Waals surface area contributed by atoms with E-state index in [1.165, 1.54) is 12.1 Å². The van der Waals surface area contributed by atoms with E-state index in [-0.39, 0.29) is 0 Å². The van der Waals surface area contributed by atoms with Gasteiger partial charge in [0.1, 0.15) is 0 Å². The molecular formula is C66H42F6N4P+. The van der Waals surface area contributed by atoms with Gasteiger partial charge >= 0.3 is 20.2 Å². The van der Waals surface area contributed by atoms with Crippen LogP contribution in [0.15, 0.2) is 231 Å². The van der Waals surface area contributed by atoms with Gasteiger partial charge in [0, 0.05) is 33.4 Å². The third-order valence-electron chi connectivity index (χ3n) is 15.0. The van der Waals surface area contributed by atoms with E-state index in [9.17, 15) is 26.3 Å². The Labute approximate surface area is 439 Å². The number of alkyl halides is 6. The highest BCUT2D eigenvalue weighted by molar-refractivity contribution is 7.81. The molecule has 14 rings (SSSR count). The first kappa shape index (κ1) is 46.4. The van der Waals surface area contributed by atoms with Crippen molar-refractivity contribution in [3.05, 3.63) is 242 Å². The maximum atomic E-state index is 14.9. The van der Waals surface area contributed by atoms with Crippen LogP contribution in [0.2, 0.25) is 0 Å². The molecule has 12 aromatic carbocycles. The van der Waals surface area contributed by atoms with Crippen LogP contribution in [0.25, 0.3) is 110 Å². The molecule has 0 atom stereocenters. The highest BCUT2D eigenvalue weighted by Crippen LogP contribution is 2.68. The fourth-order valence-electron chi connectivity index (χ4n) is 11.6. The third kappa shape index (κ3) is 7.73. The fourth-order valence-corrected chi connectivity index (χ4v) is 14.2. The Bertz CT molecular complexity index is 4100. The quantitative estimate of drug-likeness (QED) is 0.105. The number of fused-ring (bicyclic) bond motifs is 14.